The third kappa shape index (κ3) is 4.50. The predicted octanol–water partition coefficient (Wildman–Crippen LogP) is 3.55. The number of halogens is 1. The zero-order chi connectivity index (χ0) is 21.1. The number of nitrogens with zero attached hydrogens (tertiary/aromatic N) is 2. The number of piperazine rings is 1. The van der Waals surface area contributed by atoms with Crippen molar-refractivity contribution in [2.45, 2.75) is 26.8 Å². The largest absolute Gasteiger partial charge is 0.398 e. The quantitative estimate of drug-likeness (QED) is 0.420. The van der Waals surface area contributed by atoms with Crippen LogP contribution < -0.4 is 11.1 Å². The molecule has 0 saturated carbocycles. The summed E-state index contributed by atoms with van der Waals surface area (Å²) in [6.45, 7) is 7.54. The molecular formula is C22H28FN5O. The van der Waals surface area contributed by atoms with E-state index in [9.17, 15) is 9.18 Å². The molecule has 2 aromatic carbocycles. The minimum Gasteiger partial charge on any atom is -0.398 e. The molecule has 4 N–H and O–H groups in total. The van der Waals surface area contributed by atoms with E-state index in [1.807, 2.05) is 30.0 Å². The normalized spacial score (nSPS) is 16.8. The molecule has 29 heavy (non-hydrogen) atoms. The fourth-order valence-electron chi connectivity index (χ4n) is 3.64. The van der Waals surface area contributed by atoms with Crippen LogP contribution in [0.15, 0.2) is 42.5 Å². The Kier molecular flexibility index (Phi) is 6.06. The van der Waals surface area contributed by atoms with Crippen LogP contribution in [0, 0.1) is 24.1 Å². The van der Waals surface area contributed by atoms with Crippen molar-refractivity contribution in [1.29, 1.82) is 5.41 Å². The van der Waals surface area contributed by atoms with Crippen molar-refractivity contribution in [2.24, 2.45) is 5.92 Å². The first-order chi connectivity index (χ1) is 13.8. The molecule has 0 spiro atoms. The van der Waals surface area contributed by atoms with Crippen LogP contribution in [0.2, 0.25) is 0 Å². The maximum Gasteiger partial charge on any atom is 0.254 e. The number of benzene rings is 2. The summed E-state index contributed by atoms with van der Waals surface area (Å²) in [6, 6.07) is 11.3. The van der Waals surface area contributed by atoms with Gasteiger partial charge < -0.3 is 20.9 Å². The molecule has 0 radical (unpaired) electrons. The summed E-state index contributed by atoms with van der Waals surface area (Å²) in [5.41, 5.74) is 8.70. The van der Waals surface area contributed by atoms with E-state index in [1.54, 1.807) is 17.0 Å². The van der Waals surface area contributed by atoms with Crippen LogP contribution in [0.1, 0.15) is 29.8 Å². The number of carbonyl (C=O) groups is 1. The molecule has 7 heteroatoms. The summed E-state index contributed by atoms with van der Waals surface area (Å²) in [4.78, 5) is 16.6. The van der Waals surface area contributed by atoms with E-state index in [0.717, 1.165) is 11.3 Å². The highest BCUT2D eigenvalue weighted by Gasteiger charge is 2.33. The summed E-state index contributed by atoms with van der Waals surface area (Å²) in [5.74, 6) is -0.0863. The van der Waals surface area contributed by atoms with E-state index in [2.05, 4.69) is 19.2 Å². The summed E-state index contributed by atoms with van der Waals surface area (Å²) < 4.78 is 13.5. The number of nitrogen functional groups attached to an aromatic ring is 1. The van der Waals surface area contributed by atoms with E-state index in [-0.39, 0.29) is 23.8 Å². The highest BCUT2D eigenvalue weighted by molar-refractivity contribution is 5.95. The van der Waals surface area contributed by atoms with Gasteiger partial charge >= 0.3 is 0 Å². The van der Waals surface area contributed by atoms with E-state index in [4.69, 9.17) is 11.1 Å². The number of hydrogen-bond acceptors (Lipinski definition) is 3. The molecule has 2 aromatic rings. The molecule has 0 aliphatic carbocycles. The number of guanidine groups is 1. The number of hydrogen-bond donors (Lipinski definition) is 3. The first-order valence-electron chi connectivity index (χ1n) is 9.80. The minimum atomic E-state index is -0.418. The molecule has 3 rings (SSSR count). The number of rotatable bonds is 3. The summed E-state index contributed by atoms with van der Waals surface area (Å²) in [6.07, 6.45) is 0. The van der Waals surface area contributed by atoms with Gasteiger partial charge in [-0.25, -0.2) is 4.39 Å². The lowest BCUT2D eigenvalue weighted by atomic mass is 9.99. The number of anilines is 2. The third-order valence-corrected chi connectivity index (χ3v) is 5.46. The third-order valence-electron chi connectivity index (χ3n) is 5.46. The fraction of sp³-hybridized carbons (Fsp3) is 0.364. The second-order valence-corrected chi connectivity index (χ2v) is 7.76. The molecule has 1 fully saturated rings. The number of nitrogens with two attached hydrogens (primary N) is 1. The van der Waals surface area contributed by atoms with Crippen LogP contribution in [0.5, 0.6) is 0 Å². The molecule has 0 bridgehead atoms. The Labute approximate surface area is 171 Å². The van der Waals surface area contributed by atoms with Crippen molar-refractivity contribution in [2.75, 3.05) is 30.7 Å². The number of carbonyl (C=O) groups excluding carboxylic acids is 1. The molecular weight excluding hydrogens is 369 g/mol. The Morgan fingerprint density at radius 2 is 1.97 bits per heavy atom. The lowest BCUT2D eigenvalue weighted by Gasteiger charge is -2.44. The molecule has 1 aliphatic heterocycles. The van der Waals surface area contributed by atoms with Crippen LogP contribution in [0.25, 0.3) is 0 Å². The van der Waals surface area contributed by atoms with Gasteiger partial charge in [-0.2, -0.15) is 0 Å². The van der Waals surface area contributed by atoms with Gasteiger partial charge in [-0.15, -0.1) is 0 Å². The molecule has 1 saturated heterocycles. The van der Waals surface area contributed by atoms with Crippen LogP contribution in [-0.2, 0) is 0 Å². The van der Waals surface area contributed by atoms with Gasteiger partial charge in [0.25, 0.3) is 5.91 Å². The first-order valence-corrected chi connectivity index (χ1v) is 9.80. The van der Waals surface area contributed by atoms with Gasteiger partial charge in [-0.1, -0.05) is 26.0 Å². The van der Waals surface area contributed by atoms with Gasteiger partial charge in [0.05, 0.1) is 6.04 Å². The SMILES string of the molecule is Cc1c(N)cccc1NC(=N)N1CCN(C(=O)c2cccc(F)c2)CC1C(C)C. The lowest BCUT2D eigenvalue weighted by molar-refractivity contribution is 0.0558. The van der Waals surface area contributed by atoms with E-state index >= 15 is 0 Å². The smallest absolute Gasteiger partial charge is 0.254 e. The lowest BCUT2D eigenvalue weighted by Crippen LogP contribution is -2.59. The van der Waals surface area contributed by atoms with Crippen molar-refractivity contribution in [3.05, 3.63) is 59.4 Å². The van der Waals surface area contributed by atoms with Crippen molar-refractivity contribution in [3.63, 3.8) is 0 Å². The monoisotopic (exact) mass is 397 g/mol. The molecule has 1 atom stereocenters. The zero-order valence-corrected chi connectivity index (χ0v) is 17.1. The topological polar surface area (TPSA) is 85.4 Å². The van der Waals surface area contributed by atoms with Crippen LogP contribution >= 0.6 is 0 Å². The molecule has 1 amide bonds. The minimum absolute atomic E-state index is 0.0253. The van der Waals surface area contributed by atoms with Crippen LogP contribution in [0.4, 0.5) is 15.8 Å². The Bertz CT molecular complexity index is 914. The van der Waals surface area contributed by atoms with Gasteiger partial charge in [0.2, 0.25) is 0 Å². The molecule has 1 heterocycles. The van der Waals surface area contributed by atoms with Crippen molar-refractivity contribution >= 4 is 23.2 Å². The average Bonchev–Trinajstić information content (AvgIpc) is 2.70. The maximum atomic E-state index is 13.5. The van der Waals surface area contributed by atoms with Gasteiger partial charge in [0.1, 0.15) is 5.82 Å². The Hall–Kier alpha value is -3.09. The van der Waals surface area contributed by atoms with Crippen LogP contribution in [0.3, 0.4) is 0 Å². The Balaban J connectivity index is 1.74. The van der Waals surface area contributed by atoms with Crippen molar-refractivity contribution < 1.29 is 9.18 Å². The molecule has 1 unspecified atom stereocenters. The standard InChI is InChI=1S/C22H28FN5O/c1-14(2)20-13-27(21(29)16-6-4-7-17(23)12-16)10-11-28(20)22(25)26-19-9-5-8-18(24)15(19)3/h4-9,12,14,20H,10-11,13,24H2,1-3H3,(H2,25,26). The fourth-order valence-corrected chi connectivity index (χ4v) is 3.64. The van der Waals surface area contributed by atoms with Crippen molar-refractivity contribution in [1.82, 2.24) is 9.80 Å². The first kappa shape index (κ1) is 20.6. The highest BCUT2D eigenvalue weighted by Crippen LogP contribution is 2.23. The molecule has 6 nitrogen and oxygen atoms in total. The van der Waals surface area contributed by atoms with Gasteiger partial charge in [0.15, 0.2) is 5.96 Å². The zero-order valence-electron chi connectivity index (χ0n) is 17.1. The van der Waals surface area contributed by atoms with Crippen molar-refractivity contribution in [3.8, 4) is 0 Å². The highest BCUT2D eigenvalue weighted by atomic mass is 19.1. The predicted molar refractivity (Wildman–Crippen MR) is 115 cm³/mol. The average molecular weight is 397 g/mol. The van der Waals surface area contributed by atoms with Gasteiger partial charge in [-0.3, -0.25) is 10.2 Å². The number of nitrogens with one attached hydrogen (secondary N) is 2. The Morgan fingerprint density at radius 3 is 2.66 bits per heavy atom. The maximum absolute atomic E-state index is 13.5. The molecule has 1 aliphatic rings. The van der Waals surface area contributed by atoms with E-state index < -0.39 is 5.82 Å². The van der Waals surface area contributed by atoms with Gasteiger partial charge in [-0.05, 0) is 48.7 Å². The van der Waals surface area contributed by atoms with Gasteiger partial charge in [0, 0.05) is 36.6 Å². The van der Waals surface area contributed by atoms with Crippen LogP contribution in [-0.4, -0.2) is 47.3 Å². The Morgan fingerprint density at radius 1 is 1.24 bits per heavy atom. The molecule has 154 valence electrons. The number of amides is 1. The molecule has 0 aromatic heterocycles. The van der Waals surface area contributed by atoms with E-state index in [1.165, 1.54) is 12.1 Å². The second kappa shape index (κ2) is 8.51. The summed E-state index contributed by atoms with van der Waals surface area (Å²) >= 11 is 0. The summed E-state index contributed by atoms with van der Waals surface area (Å²) in [5, 5.41) is 11.8. The second-order valence-electron chi connectivity index (χ2n) is 7.76. The summed E-state index contributed by atoms with van der Waals surface area (Å²) in [7, 11) is 0. The van der Waals surface area contributed by atoms with E-state index in [0.29, 0.717) is 30.9 Å².